The molecule has 0 bridgehead atoms. The summed E-state index contributed by atoms with van der Waals surface area (Å²) >= 11 is 0. The third-order valence-electron chi connectivity index (χ3n) is 4.51. The van der Waals surface area contributed by atoms with Crippen LogP contribution >= 0.6 is 0 Å². The zero-order chi connectivity index (χ0) is 19.5. The zero-order valence-corrected chi connectivity index (χ0v) is 15.0. The van der Waals surface area contributed by atoms with Gasteiger partial charge in [-0.25, -0.2) is 0 Å². The second-order valence-electron chi connectivity index (χ2n) is 6.45. The molecule has 1 aromatic heterocycles. The zero-order valence-electron chi connectivity index (χ0n) is 15.0. The Morgan fingerprint density at radius 1 is 0.821 bits per heavy atom. The van der Waals surface area contributed by atoms with Crippen LogP contribution in [0.4, 0.5) is 5.69 Å². The van der Waals surface area contributed by atoms with E-state index in [9.17, 15) is 9.59 Å². The molecule has 0 saturated heterocycles. The number of nitrogens with two attached hydrogens (primary N) is 1. The molecule has 0 atom stereocenters. The number of carbonyl (C=O) groups is 2. The molecule has 0 spiro atoms. The van der Waals surface area contributed by atoms with Crippen LogP contribution in [0, 0.1) is 0 Å². The van der Waals surface area contributed by atoms with E-state index in [0.717, 1.165) is 16.7 Å². The van der Waals surface area contributed by atoms with Gasteiger partial charge in [0.05, 0.1) is 6.42 Å². The monoisotopic (exact) mass is 370 g/mol. The van der Waals surface area contributed by atoms with Crippen molar-refractivity contribution in [1.29, 1.82) is 0 Å². The summed E-state index contributed by atoms with van der Waals surface area (Å²) < 4.78 is 5.49. The number of carbonyl (C=O) groups excluding carboxylic acids is 2. The number of fused-ring (bicyclic) bond motifs is 1. The van der Waals surface area contributed by atoms with Gasteiger partial charge in [-0.15, -0.1) is 0 Å². The maximum atomic E-state index is 12.5. The van der Waals surface area contributed by atoms with Gasteiger partial charge in [0, 0.05) is 5.39 Å². The van der Waals surface area contributed by atoms with Gasteiger partial charge >= 0.3 is 0 Å². The Labute approximate surface area is 161 Å². The molecule has 0 aliphatic heterocycles. The average Bonchev–Trinajstić information content (AvgIpc) is 3.08. The van der Waals surface area contributed by atoms with Crippen LogP contribution in [-0.4, -0.2) is 11.8 Å². The number of hydrogen-bond donors (Lipinski definition) is 2. The fraction of sp³-hybridized carbons (Fsp3) is 0.0435. The van der Waals surface area contributed by atoms with Gasteiger partial charge in [0.2, 0.25) is 11.7 Å². The summed E-state index contributed by atoms with van der Waals surface area (Å²) in [4.78, 5) is 24.2. The van der Waals surface area contributed by atoms with E-state index in [2.05, 4.69) is 5.32 Å². The highest BCUT2D eigenvalue weighted by Crippen LogP contribution is 2.30. The SMILES string of the molecule is NC(=O)c1oc2ccccc2c1NC(=O)Cc1ccc(-c2ccccc2)cc1. The van der Waals surface area contributed by atoms with Gasteiger partial charge in [0.15, 0.2) is 0 Å². The molecule has 2 amide bonds. The molecule has 1 heterocycles. The highest BCUT2D eigenvalue weighted by atomic mass is 16.3. The van der Waals surface area contributed by atoms with Crippen LogP contribution in [0.15, 0.2) is 83.3 Å². The van der Waals surface area contributed by atoms with Gasteiger partial charge in [0.25, 0.3) is 5.91 Å². The number of para-hydroxylation sites is 1. The lowest BCUT2D eigenvalue weighted by atomic mass is 10.0. The summed E-state index contributed by atoms with van der Waals surface area (Å²) in [6.45, 7) is 0. The molecule has 3 aromatic carbocycles. The highest BCUT2D eigenvalue weighted by molar-refractivity contribution is 6.10. The molecule has 3 N–H and O–H groups in total. The van der Waals surface area contributed by atoms with Crippen LogP contribution in [0.2, 0.25) is 0 Å². The van der Waals surface area contributed by atoms with Crippen molar-refractivity contribution < 1.29 is 14.0 Å². The third-order valence-corrected chi connectivity index (χ3v) is 4.51. The molecule has 0 radical (unpaired) electrons. The minimum absolute atomic E-state index is 0.0472. The van der Waals surface area contributed by atoms with E-state index in [1.54, 1.807) is 24.3 Å². The van der Waals surface area contributed by atoms with E-state index in [4.69, 9.17) is 10.2 Å². The second-order valence-corrected chi connectivity index (χ2v) is 6.45. The maximum Gasteiger partial charge on any atom is 0.286 e. The third kappa shape index (κ3) is 3.50. The van der Waals surface area contributed by atoms with E-state index >= 15 is 0 Å². The molecule has 28 heavy (non-hydrogen) atoms. The van der Waals surface area contributed by atoms with Crippen LogP contribution in [0.1, 0.15) is 16.1 Å². The molecule has 5 heteroatoms. The fourth-order valence-electron chi connectivity index (χ4n) is 3.16. The van der Waals surface area contributed by atoms with Gasteiger partial charge in [-0.1, -0.05) is 66.7 Å². The molecule has 0 aliphatic rings. The Bertz CT molecular complexity index is 1150. The molecular weight excluding hydrogens is 352 g/mol. The highest BCUT2D eigenvalue weighted by Gasteiger charge is 2.20. The molecule has 5 nitrogen and oxygen atoms in total. The lowest BCUT2D eigenvalue weighted by Gasteiger charge is -2.07. The molecule has 0 fully saturated rings. The quantitative estimate of drug-likeness (QED) is 0.547. The first-order valence-corrected chi connectivity index (χ1v) is 8.87. The molecular formula is C23H18N2O3. The number of amides is 2. The van der Waals surface area contributed by atoms with Crippen LogP contribution in [0.3, 0.4) is 0 Å². The number of anilines is 1. The fourth-order valence-corrected chi connectivity index (χ4v) is 3.16. The van der Waals surface area contributed by atoms with Crippen molar-refractivity contribution in [3.63, 3.8) is 0 Å². The van der Waals surface area contributed by atoms with Gasteiger partial charge in [0.1, 0.15) is 11.3 Å². The van der Waals surface area contributed by atoms with Crippen molar-refractivity contribution in [2.24, 2.45) is 5.73 Å². The molecule has 0 unspecified atom stereocenters. The van der Waals surface area contributed by atoms with Crippen molar-refractivity contribution >= 4 is 28.5 Å². The number of furan rings is 1. The molecule has 0 aliphatic carbocycles. The summed E-state index contributed by atoms with van der Waals surface area (Å²) in [5, 5.41) is 3.42. The summed E-state index contributed by atoms with van der Waals surface area (Å²) in [5.74, 6) is -1.02. The van der Waals surface area contributed by atoms with Gasteiger partial charge in [-0.05, 0) is 28.8 Å². The summed E-state index contributed by atoms with van der Waals surface area (Å²) in [7, 11) is 0. The van der Waals surface area contributed by atoms with E-state index in [0.29, 0.717) is 16.7 Å². The molecule has 4 aromatic rings. The molecule has 0 saturated carbocycles. The first kappa shape index (κ1) is 17.5. The smallest absolute Gasteiger partial charge is 0.286 e. The Balaban J connectivity index is 1.53. The molecule has 4 rings (SSSR count). The number of hydrogen-bond acceptors (Lipinski definition) is 3. The van der Waals surface area contributed by atoms with E-state index in [-0.39, 0.29) is 18.1 Å². The lowest BCUT2D eigenvalue weighted by molar-refractivity contribution is -0.115. The van der Waals surface area contributed by atoms with Crippen LogP contribution in [-0.2, 0) is 11.2 Å². The predicted octanol–water partition coefficient (Wildman–Crippen LogP) is 4.38. The van der Waals surface area contributed by atoms with Crippen LogP contribution in [0.25, 0.3) is 22.1 Å². The van der Waals surface area contributed by atoms with Crippen molar-refractivity contribution in [3.8, 4) is 11.1 Å². The number of rotatable bonds is 5. The van der Waals surface area contributed by atoms with Crippen molar-refractivity contribution in [2.45, 2.75) is 6.42 Å². The van der Waals surface area contributed by atoms with Crippen molar-refractivity contribution in [3.05, 3.63) is 90.2 Å². The first-order chi connectivity index (χ1) is 13.6. The lowest BCUT2D eigenvalue weighted by Crippen LogP contribution is -2.18. The first-order valence-electron chi connectivity index (χ1n) is 8.87. The van der Waals surface area contributed by atoms with Gasteiger partial charge < -0.3 is 15.5 Å². The van der Waals surface area contributed by atoms with Crippen LogP contribution in [0.5, 0.6) is 0 Å². The average molecular weight is 370 g/mol. The van der Waals surface area contributed by atoms with Crippen LogP contribution < -0.4 is 11.1 Å². The predicted molar refractivity (Wildman–Crippen MR) is 109 cm³/mol. The molecule has 138 valence electrons. The van der Waals surface area contributed by atoms with E-state index in [1.807, 2.05) is 54.6 Å². The largest absolute Gasteiger partial charge is 0.449 e. The van der Waals surface area contributed by atoms with E-state index < -0.39 is 5.91 Å². The van der Waals surface area contributed by atoms with Crippen molar-refractivity contribution in [2.75, 3.05) is 5.32 Å². The van der Waals surface area contributed by atoms with Crippen molar-refractivity contribution in [1.82, 2.24) is 0 Å². The van der Waals surface area contributed by atoms with E-state index in [1.165, 1.54) is 0 Å². The maximum absolute atomic E-state index is 12.5. The minimum Gasteiger partial charge on any atom is -0.449 e. The van der Waals surface area contributed by atoms with Gasteiger partial charge in [-0.2, -0.15) is 0 Å². The number of benzene rings is 3. The van der Waals surface area contributed by atoms with Gasteiger partial charge in [-0.3, -0.25) is 9.59 Å². The topological polar surface area (TPSA) is 85.3 Å². The summed E-state index contributed by atoms with van der Waals surface area (Å²) in [6, 6.07) is 24.9. The Morgan fingerprint density at radius 3 is 2.18 bits per heavy atom. The summed E-state index contributed by atoms with van der Waals surface area (Å²) in [5.41, 5.74) is 9.28. The Kier molecular flexibility index (Phi) is 4.64. The summed E-state index contributed by atoms with van der Waals surface area (Å²) in [6.07, 6.45) is 0.173. The minimum atomic E-state index is -0.723. The second kappa shape index (κ2) is 7.40. The normalized spacial score (nSPS) is 10.7. The standard InChI is InChI=1S/C23H18N2O3/c24-23(27)22-21(18-8-4-5-9-19(18)28-22)25-20(26)14-15-10-12-17(13-11-15)16-6-2-1-3-7-16/h1-13H,14H2,(H2,24,27)(H,25,26). The number of nitrogens with one attached hydrogen (secondary N) is 1. The Morgan fingerprint density at radius 2 is 1.46 bits per heavy atom. The number of primary amides is 1. The Hall–Kier alpha value is -3.86.